The molecular weight excluding hydrogens is 456 g/mol. The Balaban J connectivity index is 0.000000186. The molecule has 0 bridgehead atoms. The molecule has 186 valence electrons. The maximum Gasteiger partial charge on any atom is 0.127 e. The van der Waals surface area contributed by atoms with Gasteiger partial charge in [-0.15, -0.1) is 0 Å². The highest BCUT2D eigenvalue weighted by atomic mass is 16.5. The molecule has 0 spiro atoms. The van der Waals surface area contributed by atoms with Crippen molar-refractivity contribution in [3.05, 3.63) is 144 Å². The third-order valence-corrected chi connectivity index (χ3v) is 5.55. The second-order valence-electron chi connectivity index (χ2n) is 9.04. The summed E-state index contributed by atoms with van der Waals surface area (Å²) in [5.41, 5.74) is 4.84. The third-order valence-electron chi connectivity index (χ3n) is 5.55. The molecule has 0 amide bonds. The fourth-order valence-electron chi connectivity index (χ4n) is 3.55. The second kappa shape index (κ2) is 12.5. The average molecular weight is 489 g/mol. The van der Waals surface area contributed by atoms with E-state index in [-0.39, 0.29) is 0 Å². The normalized spacial score (nSPS) is 10.2. The first kappa shape index (κ1) is 25.6. The van der Waals surface area contributed by atoms with Crippen molar-refractivity contribution in [3.8, 4) is 34.5 Å². The lowest BCUT2D eigenvalue weighted by Gasteiger charge is -2.09. The summed E-state index contributed by atoms with van der Waals surface area (Å²) in [5, 5.41) is 0. The monoisotopic (exact) mass is 488 g/mol. The van der Waals surface area contributed by atoms with Gasteiger partial charge in [0.2, 0.25) is 0 Å². The minimum absolute atomic E-state index is 0.792. The fourth-order valence-corrected chi connectivity index (χ4v) is 3.55. The lowest BCUT2D eigenvalue weighted by atomic mass is 10.2. The van der Waals surface area contributed by atoms with Crippen molar-refractivity contribution in [1.29, 1.82) is 0 Å². The van der Waals surface area contributed by atoms with Gasteiger partial charge in [0.25, 0.3) is 0 Å². The van der Waals surface area contributed by atoms with Crippen LogP contribution in [0.15, 0.2) is 121 Å². The second-order valence-corrected chi connectivity index (χ2v) is 9.04. The predicted molar refractivity (Wildman–Crippen MR) is 151 cm³/mol. The number of hydrogen-bond donors (Lipinski definition) is 0. The van der Waals surface area contributed by atoms with Gasteiger partial charge < -0.3 is 14.2 Å². The number of benzene rings is 5. The maximum absolute atomic E-state index is 5.82. The van der Waals surface area contributed by atoms with Crippen LogP contribution in [-0.2, 0) is 0 Å². The van der Waals surface area contributed by atoms with Gasteiger partial charge in [-0.3, -0.25) is 0 Å². The molecule has 3 nitrogen and oxygen atoms in total. The topological polar surface area (TPSA) is 27.7 Å². The molecule has 0 saturated carbocycles. The lowest BCUT2D eigenvalue weighted by Crippen LogP contribution is -1.87. The summed E-state index contributed by atoms with van der Waals surface area (Å²) >= 11 is 0. The molecule has 5 rings (SSSR count). The van der Waals surface area contributed by atoms with Crippen LogP contribution in [0.25, 0.3) is 0 Å². The molecule has 0 radical (unpaired) electrons. The zero-order valence-corrected chi connectivity index (χ0v) is 21.8. The van der Waals surface area contributed by atoms with Crippen molar-refractivity contribution in [1.82, 2.24) is 0 Å². The summed E-state index contributed by atoms with van der Waals surface area (Å²) in [6, 6.07) is 39.7. The standard InChI is InChI=1S/C20H18O2.C14H14O/c1-15-6-8-17(9-7-15)21-18-10-12-19(13-11-18)22-20-5-3-4-16(2)14-20;1-11-6-8-13(9-7-11)15-14-5-3-4-12(2)10-14/h3-14H,1-2H3;3-10H,1-2H3. The fraction of sp³-hybridized carbons (Fsp3) is 0.118. The van der Waals surface area contributed by atoms with Gasteiger partial charge in [-0.1, -0.05) is 59.7 Å². The molecule has 0 aromatic heterocycles. The van der Waals surface area contributed by atoms with Crippen LogP contribution in [0.4, 0.5) is 0 Å². The Morgan fingerprint density at radius 2 is 0.595 bits per heavy atom. The van der Waals surface area contributed by atoms with E-state index < -0.39 is 0 Å². The smallest absolute Gasteiger partial charge is 0.127 e. The third kappa shape index (κ3) is 8.29. The van der Waals surface area contributed by atoms with E-state index in [1.165, 1.54) is 22.3 Å². The van der Waals surface area contributed by atoms with Gasteiger partial charge in [-0.05, 0) is 112 Å². The summed E-state index contributed by atoms with van der Waals surface area (Å²) < 4.78 is 17.3. The van der Waals surface area contributed by atoms with Crippen LogP contribution < -0.4 is 14.2 Å². The molecule has 5 aromatic carbocycles. The van der Waals surface area contributed by atoms with E-state index in [9.17, 15) is 0 Å². The van der Waals surface area contributed by atoms with Gasteiger partial charge in [-0.25, -0.2) is 0 Å². The number of ether oxygens (including phenoxy) is 3. The van der Waals surface area contributed by atoms with Crippen molar-refractivity contribution >= 4 is 0 Å². The minimum Gasteiger partial charge on any atom is -0.457 e. The Morgan fingerprint density at radius 3 is 0.919 bits per heavy atom. The van der Waals surface area contributed by atoms with Crippen LogP contribution in [0.5, 0.6) is 34.5 Å². The van der Waals surface area contributed by atoms with Gasteiger partial charge >= 0.3 is 0 Å². The molecule has 0 saturated heterocycles. The minimum atomic E-state index is 0.792. The molecule has 0 unspecified atom stereocenters. The Bertz CT molecular complexity index is 1400. The van der Waals surface area contributed by atoms with Crippen molar-refractivity contribution in [2.24, 2.45) is 0 Å². The average Bonchev–Trinajstić information content (AvgIpc) is 2.89. The van der Waals surface area contributed by atoms with Crippen LogP contribution in [0.2, 0.25) is 0 Å². The molecule has 37 heavy (non-hydrogen) atoms. The predicted octanol–water partition coefficient (Wildman–Crippen LogP) is 9.98. The van der Waals surface area contributed by atoms with Crippen molar-refractivity contribution in [3.63, 3.8) is 0 Å². The molecule has 0 heterocycles. The summed E-state index contributed by atoms with van der Waals surface area (Å²) in [5.74, 6) is 5.03. The first-order valence-electron chi connectivity index (χ1n) is 12.3. The Morgan fingerprint density at radius 1 is 0.297 bits per heavy atom. The van der Waals surface area contributed by atoms with E-state index in [4.69, 9.17) is 14.2 Å². The Hall–Kier alpha value is -4.50. The number of aryl methyl sites for hydroxylation is 4. The molecule has 0 N–H and O–H groups in total. The summed E-state index contributed by atoms with van der Waals surface area (Å²) in [7, 11) is 0. The van der Waals surface area contributed by atoms with Gasteiger partial charge in [-0.2, -0.15) is 0 Å². The largest absolute Gasteiger partial charge is 0.457 e. The van der Waals surface area contributed by atoms with Gasteiger partial charge in [0.15, 0.2) is 0 Å². The Kier molecular flexibility index (Phi) is 8.62. The van der Waals surface area contributed by atoms with E-state index in [1.807, 2.05) is 122 Å². The summed E-state index contributed by atoms with van der Waals surface area (Å²) in [4.78, 5) is 0. The summed E-state index contributed by atoms with van der Waals surface area (Å²) in [6.07, 6.45) is 0. The number of rotatable bonds is 6. The highest BCUT2D eigenvalue weighted by Gasteiger charge is 2.01. The molecule has 0 aliphatic heterocycles. The first-order valence-corrected chi connectivity index (χ1v) is 12.3. The number of hydrogen-bond acceptors (Lipinski definition) is 3. The molecule has 3 heteroatoms. The van der Waals surface area contributed by atoms with E-state index in [0.29, 0.717) is 0 Å². The van der Waals surface area contributed by atoms with E-state index >= 15 is 0 Å². The zero-order chi connectivity index (χ0) is 26.0. The quantitative estimate of drug-likeness (QED) is 0.238. The van der Waals surface area contributed by atoms with Crippen LogP contribution in [0.3, 0.4) is 0 Å². The van der Waals surface area contributed by atoms with Crippen LogP contribution >= 0.6 is 0 Å². The maximum atomic E-state index is 5.82. The molecule has 0 fully saturated rings. The highest BCUT2D eigenvalue weighted by molar-refractivity contribution is 5.39. The van der Waals surface area contributed by atoms with E-state index in [0.717, 1.165) is 34.5 Å². The van der Waals surface area contributed by atoms with Crippen LogP contribution in [0, 0.1) is 27.7 Å². The molecule has 5 aromatic rings. The van der Waals surface area contributed by atoms with Gasteiger partial charge in [0.05, 0.1) is 0 Å². The summed E-state index contributed by atoms with van der Waals surface area (Å²) in [6.45, 7) is 8.23. The van der Waals surface area contributed by atoms with Gasteiger partial charge in [0.1, 0.15) is 34.5 Å². The van der Waals surface area contributed by atoms with E-state index in [2.05, 4.69) is 26.8 Å². The van der Waals surface area contributed by atoms with Crippen molar-refractivity contribution in [2.45, 2.75) is 27.7 Å². The molecule has 0 aliphatic rings. The van der Waals surface area contributed by atoms with Crippen LogP contribution in [0.1, 0.15) is 22.3 Å². The van der Waals surface area contributed by atoms with Crippen molar-refractivity contribution in [2.75, 3.05) is 0 Å². The first-order chi connectivity index (χ1) is 17.9. The van der Waals surface area contributed by atoms with Crippen molar-refractivity contribution < 1.29 is 14.2 Å². The molecule has 0 atom stereocenters. The lowest BCUT2D eigenvalue weighted by molar-refractivity contribution is 0.469. The SMILES string of the molecule is Cc1ccc(Oc2ccc(Oc3cccc(C)c3)cc2)cc1.Cc1ccc(Oc2cccc(C)c2)cc1. The van der Waals surface area contributed by atoms with Crippen LogP contribution in [-0.4, -0.2) is 0 Å². The zero-order valence-electron chi connectivity index (χ0n) is 21.8. The highest BCUT2D eigenvalue weighted by Crippen LogP contribution is 2.27. The molecule has 0 aliphatic carbocycles. The molecular formula is C34H32O3. The Labute approximate surface area is 219 Å². The van der Waals surface area contributed by atoms with E-state index in [1.54, 1.807) is 0 Å². The van der Waals surface area contributed by atoms with Gasteiger partial charge in [0, 0.05) is 0 Å².